The highest BCUT2D eigenvalue weighted by Crippen LogP contribution is 2.23. The highest BCUT2D eigenvalue weighted by Gasteiger charge is 2.16. The topological polar surface area (TPSA) is 94.6 Å². The second kappa shape index (κ2) is 6.13. The van der Waals surface area contributed by atoms with Crippen molar-refractivity contribution < 1.29 is 23.3 Å². The first kappa shape index (κ1) is 15.1. The standard InChI is InChI=1S/C15H11ClN2O5/c1-8-4-13(18-23-8)17-14(19)7-21-15(20)12-6-9-5-10(16)2-3-11(9)22-12/h2-6H,7H2,1H3,(H,17,18,19). The van der Waals surface area contributed by atoms with Crippen LogP contribution in [0.15, 0.2) is 39.3 Å². The normalized spacial score (nSPS) is 10.7. The maximum atomic E-state index is 11.9. The number of halogens is 1. The number of anilines is 1. The Morgan fingerprint density at radius 1 is 1.30 bits per heavy atom. The lowest BCUT2D eigenvalue weighted by atomic mass is 10.2. The van der Waals surface area contributed by atoms with E-state index >= 15 is 0 Å². The number of ether oxygens (including phenoxy) is 1. The fourth-order valence-corrected chi connectivity index (χ4v) is 2.10. The van der Waals surface area contributed by atoms with E-state index in [1.165, 1.54) is 6.07 Å². The van der Waals surface area contributed by atoms with Crippen LogP contribution in [0.5, 0.6) is 0 Å². The van der Waals surface area contributed by atoms with Crippen molar-refractivity contribution in [3.05, 3.63) is 46.9 Å². The second-order valence-electron chi connectivity index (χ2n) is 4.74. The van der Waals surface area contributed by atoms with E-state index < -0.39 is 18.5 Å². The summed E-state index contributed by atoms with van der Waals surface area (Å²) in [6, 6.07) is 8.01. The monoisotopic (exact) mass is 334 g/mol. The predicted octanol–water partition coefficient (Wildman–Crippen LogP) is 3.18. The molecule has 2 aromatic heterocycles. The minimum Gasteiger partial charge on any atom is -0.450 e. The van der Waals surface area contributed by atoms with Crippen molar-refractivity contribution in [2.24, 2.45) is 0 Å². The van der Waals surface area contributed by atoms with Gasteiger partial charge in [-0.1, -0.05) is 16.8 Å². The van der Waals surface area contributed by atoms with Crippen molar-refractivity contribution in [1.29, 1.82) is 0 Å². The fraction of sp³-hybridized carbons (Fsp3) is 0.133. The molecule has 0 unspecified atom stereocenters. The van der Waals surface area contributed by atoms with Gasteiger partial charge in [-0.3, -0.25) is 4.79 Å². The molecule has 0 spiro atoms. The van der Waals surface area contributed by atoms with Crippen LogP contribution < -0.4 is 5.32 Å². The van der Waals surface area contributed by atoms with Crippen LogP contribution in [0, 0.1) is 6.92 Å². The second-order valence-corrected chi connectivity index (χ2v) is 5.18. The van der Waals surface area contributed by atoms with Crippen molar-refractivity contribution in [3.63, 3.8) is 0 Å². The molecule has 7 nitrogen and oxygen atoms in total. The van der Waals surface area contributed by atoms with E-state index in [1.807, 2.05) is 0 Å². The number of esters is 1. The lowest BCUT2D eigenvalue weighted by Gasteiger charge is -2.02. The number of nitrogens with one attached hydrogen (secondary N) is 1. The molecule has 2 heterocycles. The van der Waals surface area contributed by atoms with Crippen LogP contribution in [0.4, 0.5) is 5.82 Å². The summed E-state index contributed by atoms with van der Waals surface area (Å²) in [5.74, 6) is -0.484. The largest absolute Gasteiger partial charge is 0.450 e. The van der Waals surface area contributed by atoms with Crippen LogP contribution in [0.3, 0.4) is 0 Å². The lowest BCUT2D eigenvalue weighted by molar-refractivity contribution is -0.119. The average molecular weight is 335 g/mol. The van der Waals surface area contributed by atoms with Crippen molar-refractivity contribution in [1.82, 2.24) is 5.16 Å². The molecule has 8 heteroatoms. The van der Waals surface area contributed by atoms with Crippen molar-refractivity contribution >= 4 is 40.3 Å². The van der Waals surface area contributed by atoms with Crippen LogP contribution in [0.25, 0.3) is 11.0 Å². The summed E-state index contributed by atoms with van der Waals surface area (Å²) in [7, 11) is 0. The van der Waals surface area contributed by atoms with Gasteiger partial charge in [-0.15, -0.1) is 0 Å². The Morgan fingerprint density at radius 2 is 2.13 bits per heavy atom. The van der Waals surface area contributed by atoms with Gasteiger partial charge in [0.05, 0.1) is 0 Å². The van der Waals surface area contributed by atoms with Crippen molar-refractivity contribution in [2.75, 3.05) is 11.9 Å². The number of furan rings is 1. The van der Waals surface area contributed by atoms with Gasteiger partial charge in [0.1, 0.15) is 11.3 Å². The van der Waals surface area contributed by atoms with Crippen molar-refractivity contribution in [3.8, 4) is 0 Å². The van der Waals surface area contributed by atoms with Gasteiger partial charge >= 0.3 is 5.97 Å². The summed E-state index contributed by atoms with van der Waals surface area (Å²) in [6.07, 6.45) is 0. The first-order valence-electron chi connectivity index (χ1n) is 6.60. The first-order chi connectivity index (χ1) is 11.0. The Balaban J connectivity index is 1.60. The Kier molecular flexibility index (Phi) is 4.03. The third kappa shape index (κ3) is 3.51. The summed E-state index contributed by atoms with van der Waals surface area (Å²) < 4.78 is 15.0. The van der Waals surface area contributed by atoms with Gasteiger partial charge in [-0.25, -0.2) is 4.79 Å². The third-order valence-electron chi connectivity index (χ3n) is 2.91. The van der Waals surface area contributed by atoms with E-state index in [2.05, 4.69) is 10.5 Å². The molecule has 3 rings (SSSR count). The molecule has 0 aliphatic heterocycles. The molecule has 0 saturated carbocycles. The first-order valence-corrected chi connectivity index (χ1v) is 6.98. The maximum Gasteiger partial charge on any atom is 0.374 e. The number of fused-ring (bicyclic) bond motifs is 1. The number of carbonyl (C=O) groups excluding carboxylic acids is 2. The quantitative estimate of drug-likeness (QED) is 0.736. The SMILES string of the molecule is Cc1cc(NC(=O)COC(=O)c2cc3cc(Cl)ccc3o2)no1. The molecular weight excluding hydrogens is 324 g/mol. The van der Waals surface area contributed by atoms with Crippen LogP contribution in [-0.2, 0) is 9.53 Å². The average Bonchev–Trinajstić information content (AvgIpc) is 3.10. The fourth-order valence-electron chi connectivity index (χ4n) is 1.92. The summed E-state index contributed by atoms with van der Waals surface area (Å²) in [6.45, 7) is 1.22. The van der Waals surface area contributed by atoms with Crippen LogP contribution in [-0.4, -0.2) is 23.6 Å². The zero-order valence-corrected chi connectivity index (χ0v) is 12.7. The van der Waals surface area contributed by atoms with Crippen LogP contribution in [0.2, 0.25) is 5.02 Å². The van der Waals surface area contributed by atoms with Crippen LogP contribution in [0.1, 0.15) is 16.3 Å². The minimum atomic E-state index is -0.746. The van der Waals surface area contributed by atoms with Gasteiger partial charge in [0, 0.05) is 16.5 Å². The molecule has 118 valence electrons. The molecule has 0 fully saturated rings. The smallest absolute Gasteiger partial charge is 0.374 e. The molecule has 0 radical (unpaired) electrons. The number of hydrogen-bond donors (Lipinski definition) is 1. The van der Waals surface area contributed by atoms with Gasteiger partial charge in [-0.05, 0) is 31.2 Å². The number of rotatable bonds is 4. The lowest BCUT2D eigenvalue weighted by Crippen LogP contribution is -2.20. The van der Waals surface area contributed by atoms with E-state index in [4.69, 9.17) is 25.3 Å². The molecular formula is C15H11ClN2O5. The molecule has 0 atom stereocenters. The summed E-state index contributed by atoms with van der Waals surface area (Å²) in [4.78, 5) is 23.6. The van der Waals surface area contributed by atoms with Gasteiger partial charge in [0.25, 0.3) is 5.91 Å². The van der Waals surface area contributed by atoms with Gasteiger partial charge in [0.15, 0.2) is 12.4 Å². The molecule has 23 heavy (non-hydrogen) atoms. The van der Waals surface area contributed by atoms with Crippen molar-refractivity contribution in [2.45, 2.75) is 6.92 Å². The zero-order chi connectivity index (χ0) is 16.4. The highest BCUT2D eigenvalue weighted by atomic mass is 35.5. The van der Waals surface area contributed by atoms with E-state index in [1.54, 1.807) is 31.2 Å². The number of aryl methyl sites for hydroxylation is 1. The molecule has 1 aromatic carbocycles. The summed E-state index contributed by atoms with van der Waals surface area (Å²) in [5.41, 5.74) is 0.504. The number of benzene rings is 1. The highest BCUT2D eigenvalue weighted by molar-refractivity contribution is 6.31. The Bertz CT molecular complexity index is 883. The molecule has 1 amide bonds. The van der Waals surface area contributed by atoms with Gasteiger partial charge in [0.2, 0.25) is 5.76 Å². The number of nitrogens with zero attached hydrogens (tertiary/aromatic N) is 1. The predicted molar refractivity (Wildman–Crippen MR) is 81.4 cm³/mol. The molecule has 0 aliphatic carbocycles. The zero-order valence-electron chi connectivity index (χ0n) is 12.0. The molecule has 1 N–H and O–H groups in total. The maximum absolute atomic E-state index is 11.9. The summed E-state index contributed by atoms with van der Waals surface area (Å²) >= 11 is 5.86. The molecule has 0 bridgehead atoms. The molecule has 0 aliphatic rings. The molecule has 3 aromatic rings. The van der Waals surface area contributed by atoms with E-state index in [0.29, 0.717) is 21.8 Å². The van der Waals surface area contributed by atoms with Gasteiger partial charge < -0.3 is 19.0 Å². The number of amides is 1. The number of aromatic nitrogens is 1. The Morgan fingerprint density at radius 3 is 2.87 bits per heavy atom. The van der Waals surface area contributed by atoms with Gasteiger partial charge in [-0.2, -0.15) is 0 Å². The minimum absolute atomic E-state index is 0.00709. The van der Waals surface area contributed by atoms with E-state index in [-0.39, 0.29) is 11.6 Å². The van der Waals surface area contributed by atoms with E-state index in [9.17, 15) is 9.59 Å². The Labute approximate surface area is 135 Å². The third-order valence-corrected chi connectivity index (χ3v) is 3.14. The van der Waals surface area contributed by atoms with E-state index in [0.717, 1.165) is 0 Å². The number of carbonyl (C=O) groups is 2. The summed E-state index contributed by atoms with van der Waals surface area (Å²) in [5, 5.41) is 7.24. The van der Waals surface area contributed by atoms with Crippen LogP contribution >= 0.6 is 11.6 Å². The Hall–Kier alpha value is -2.80. The molecule has 0 saturated heterocycles. The number of hydrogen-bond acceptors (Lipinski definition) is 6.